The third kappa shape index (κ3) is 5.87. The van der Waals surface area contributed by atoms with E-state index in [-0.39, 0.29) is 0 Å². The first-order valence-corrected chi connectivity index (χ1v) is 7.75. The zero-order valence-electron chi connectivity index (χ0n) is 12.0. The summed E-state index contributed by atoms with van der Waals surface area (Å²) < 4.78 is 0. The van der Waals surface area contributed by atoms with E-state index in [2.05, 4.69) is 18.7 Å². The van der Waals surface area contributed by atoms with Crippen molar-refractivity contribution in [2.45, 2.75) is 71.3 Å². The number of hydrogen-bond acceptors (Lipinski definition) is 2. The molecule has 0 spiro atoms. The lowest BCUT2D eigenvalue weighted by Gasteiger charge is -2.24. The van der Waals surface area contributed by atoms with Crippen molar-refractivity contribution in [2.75, 3.05) is 19.6 Å². The van der Waals surface area contributed by atoms with Crippen LogP contribution in [0.2, 0.25) is 0 Å². The Labute approximate surface area is 108 Å². The lowest BCUT2D eigenvalue weighted by atomic mass is 10.00. The van der Waals surface area contributed by atoms with Gasteiger partial charge >= 0.3 is 0 Å². The van der Waals surface area contributed by atoms with E-state index in [0.29, 0.717) is 6.04 Å². The minimum absolute atomic E-state index is 0.495. The molecule has 1 saturated carbocycles. The van der Waals surface area contributed by atoms with Crippen molar-refractivity contribution in [3.63, 3.8) is 0 Å². The third-order valence-electron chi connectivity index (χ3n) is 4.19. The minimum atomic E-state index is 0.495. The molecule has 1 rings (SSSR count). The summed E-state index contributed by atoms with van der Waals surface area (Å²) in [5.41, 5.74) is 6.15. The molecule has 0 saturated heterocycles. The van der Waals surface area contributed by atoms with Crippen LogP contribution in [0.1, 0.15) is 65.2 Å². The van der Waals surface area contributed by atoms with Gasteiger partial charge in [-0.15, -0.1) is 0 Å². The molecule has 102 valence electrons. The van der Waals surface area contributed by atoms with Gasteiger partial charge in [-0.05, 0) is 57.7 Å². The second-order valence-corrected chi connectivity index (χ2v) is 5.69. The van der Waals surface area contributed by atoms with Crippen molar-refractivity contribution in [2.24, 2.45) is 11.7 Å². The Bertz CT molecular complexity index is 174. The van der Waals surface area contributed by atoms with Crippen molar-refractivity contribution in [3.05, 3.63) is 0 Å². The molecule has 1 aliphatic carbocycles. The Morgan fingerprint density at radius 3 is 2.12 bits per heavy atom. The van der Waals surface area contributed by atoms with Gasteiger partial charge in [0.1, 0.15) is 0 Å². The number of nitrogens with two attached hydrogens (primary N) is 1. The lowest BCUT2D eigenvalue weighted by Crippen LogP contribution is -2.32. The highest BCUT2D eigenvalue weighted by molar-refractivity contribution is 4.80. The molecule has 0 aromatic rings. The molecule has 0 aromatic carbocycles. The van der Waals surface area contributed by atoms with Crippen LogP contribution >= 0.6 is 0 Å². The van der Waals surface area contributed by atoms with E-state index in [4.69, 9.17) is 5.73 Å². The highest BCUT2D eigenvalue weighted by Crippen LogP contribution is 2.26. The van der Waals surface area contributed by atoms with Crippen molar-refractivity contribution in [1.29, 1.82) is 0 Å². The van der Waals surface area contributed by atoms with Crippen LogP contribution in [0.15, 0.2) is 0 Å². The summed E-state index contributed by atoms with van der Waals surface area (Å²) in [5.74, 6) is 0.806. The first-order valence-electron chi connectivity index (χ1n) is 7.75. The lowest BCUT2D eigenvalue weighted by molar-refractivity contribution is 0.240. The zero-order valence-corrected chi connectivity index (χ0v) is 12.0. The van der Waals surface area contributed by atoms with E-state index < -0.39 is 0 Å². The molecular formula is C15H32N2. The fraction of sp³-hybridized carbons (Fsp3) is 1.00. The Morgan fingerprint density at radius 2 is 1.65 bits per heavy atom. The second-order valence-electron chi connectivity index (χ2n) is 5.69. The van der Waals surface area contributed by atoms with E-state index in [1.54, 1.807) is 0 Å². The maximum atomic E-state index is 6.15. The first kappa shape index (κ1) is 15.0. The Hall–Kier alpha value is -0.0800. The molecule has 2 atom stereocenters. The minimum Gasteiger partial charge on any atom is -0.327 e. The van der Waals surface area contributed by atoms with Gasteiger partial charge in [-0.3, -0.25) is 0 Å². The summed E-state index contributed by atoms with van der Waals surface area (Å²) in [5, 5.41) is 0. The number of rotatable bonds is 9. The molecule has 0 radical (unpaired) electrons. The van der Waals surface area contributed by atoms with E-state index in [1.165, 1.54) is 71.0 Å². The average molecular weight is 240 g/mol. The molecule has 0 amide bonds. The van der Waals surface area contributed by atoms with Crippen LogP contribution in [0, 0.1) is 5.92 Å². The molecule has 2 heteroatoms. The third-order valence-corrected chi connectivity index (χ3v) is 4.19. The summed E-state index contributed by atoms with van der Waals surface area (Å²) in [6.45, 7) is 8.42. The molecule has 1 aliphatic rings. The van der Waals surface area contributed by atoms with E-state index >= 15 is 0 Å². The monoisotopic (exact) mass is 240 g/mol. The average Bonchev–Trinajstić information content (AvgIpc) is 2.74. The number of hydrogen-bond donors (Lipinski definition) is 1. The molecule has 0 aliphatic heterocycles. The molecule has 2 unspecified atom stereocenters. The van der Waals surface area contributed by atoms with Crippen molar-refractivity contribution < 1.29 is 0 Å². The summed E-state index contributed by atoms with van der Waals surface area (Å²) in [6, 6.07) is 0.495. The topological polar surface area (TPSA) is 29.3 Å². The van der Waals surface area contributed by atoms with Crippen molar-refractivity contribution >= 4 is 0 Å². The molecule has 2 N–H and O–H groups in total. The SMILES string of the molecule is CCCCN(CCCC)CCC1CCCC1N. The smallest absolute Gasteiger partial charge is 0.00676 e. The van der Waals surface area contributed by atoms with E-state index in [0.717, 1.165) is 5.92 Å². The quantitative estimate of drug-likeness (QED) is 0.669. The van der Waals surface area contributed by atoms with Crippen LogP contribution in [0.4, 0.5) is 0 Å². The standard InChI is InChI=1S/C15H32N2/c1-3-5-11-17(12-6-4-2)13-10-14-8-7-9-15(14)16/h14-15H,3-13,16H2,1-2H3. The van der Waals surface area contributed by atoms with Gasteiger partial charge in [0.25, 0.3) is 0 Å². The second kappa shape index (κ2) is 8.93. The van der Waals surface area contributed by atoms with Crippen molar-refractivity contribution in [3.8, 4) is 0 Å². The van der Waals surface area contributed by atoms with Crippen LogP contribution < -0.4 is 5.73 Å². The van der Waals surface area contributed by atoms with Gasteiger partial charge in [-0.25, -0.2) is 0 Å². The molecular weight excluding hydrogens is 208 g/mol. The first-order chi connectivity index (χ1) is 8.27. The van der Waals surface area contributed by atoms with Gasteiger partial charge in [-0.1, -0.05) is 33.1 Å². The fourth-order valence-electron chi connectivity index (χ4n) is 2.87. The van der Waals surface area contributed by atoms with Crippen LogP contribution in [0.25, 0.3) is 0 Å². The van der Waals surface area contributed by atoms with Crippen LogP contribution in [-0.2, 0) is 0 Å². The molecule has 0 bridgehead atoms. The molecule has 2 nitrogen and oxygen atoms in total. The van der Waals surface area contributed by atoms with Crippen LogP contribution in [0.5, 0.6) is 0 Å². The van der Waals surface area contributed by atoms with Crippen LogP contribution in [0.3, 0.4) is 0 Å². The summed E-state index contributed by atoms with van der Waals surface area (Å²) in [6.07, 6.45) is 10.6. The van der Waals surface area contributed by atoms with E-state index in [9.17, 15) is 0 Å². The van der Waals surface area contributed by atoms with Gasteiger partial charge in [0.05, 0.1) is 0 Å². The predicted octanol–water partition coefficient (Wildman–Crippen LogP) is 3.41. The fourth-order valence-corrected chi connectivity index (χ4v) is 2.87. The number of nitrogens with zero attached hydrogens (tertiary/aromatic N) is 1. The predicted molar refractivity (Wildman–Crippen MR) is 76.2 cm³/mol. The highest BCUT2D eigenvalue weighted by Gasteiger charge is 2.23. The van der Waals surface area contributed by atoms with Gasteiger partial charge in [0.15, 0.2) is 0 Å². The summed E-state index contributed by atoms with van der Waals surface area (Å²) in [4.78, 5) is 2.66. The Morgan fingerprint density at radius 1 is 1.00 bits per heavy atom. The Kier molecular flexibility index (Phi) is 7.87. The number of unbranched alkanes of at least 4 members (excludes halogenated alkanes) is 2. The summed E-state index contributed by atoms with van der Waals surface area (Å²) in [7, 11) is 0. The summed E-state index contributed by atoms with van der Waals surface area (Å²) >= 11 is 0. The highest BCUT2D eigenvalue weighted by atomic mass is 15.1. The van der Waals surface area contributed by atoms with Gasteiger partial charge in [0, 0.05) is 6.04 Å². The largest absolute Gasteiger partial charge is 0.327 e. The molecule has 0 heterocycles. The normalized spacial score (nSPS) is 24.7. The Balaban J connectivity index is 2.21. The molecule has 0 aromatic heterocycles. The van der Waals surface area contributed by atoms with Crippen LogP contribution in [-0.4, -0.2) is 30.6 Å². The van der Waals surface area contributed by atoms with Crippen molar-refractivity contribution in [1.82, 2.24) is 4.90 Å². The van der Waals surface area contributed by atoms with Gasteiger partial charge in [0.2, 0.25) is 0 Å². The maximum absolute atomic E-state index is 6.15. The zero-order chi connectivity index (χ0) is 12.5. The maximum Gasteiger partial charge on any atom is 0.00676 e. The molecule has 1 fully saturated rings. The molecule has 17 heavy (non-hydrogen) atoms. The van der Waals surface area contributed by atoms with Gasteiger partial charge < -0.3 is 10.6 Å². The van der Waals surface area contributed by atoms with E-state index in [1.807, 2.05) is 0 Å². The van der Waals surface area contributed by atoms with Gasteiger partial charge in [-0.2, -0.15) is 0 Å².